The Hall–Kier alpha value is -2.19. The quantitative estimate of drug-likeness (QED) is 0.562. The molecule has 2 heterocycles. The fourth-order valence-corrected chi connectivity index (χ4v) is 4.63. The lowest BCUT2D eigenvalue weighted by Gasteiger charge is -2.19. The lowest BCUT2D eigenvalue weighted by atomic mass is 10.2. The smallest absolute Gasteiger partial charge is 0.347 e. The summed E-state index contributed by atoms with van der Waals surface area (Å²) in [5.41, 5.74) is 0.663. The Morgan fingerprint density at radius 1 is 1.11 bits per heavy atom. The first-order chi connectivity index (χ1) is 13.0. The van der Waals surface area contributed by atoms with Gasteiger partial charge in [-0.3, -0.25) is 0 Å². The third-order valence-corrected chi connectivity index (χ3v) is 6.55. The van der Waals surface area contributed by atoms with E-state index in [9.17, 15) is 18.0 Å². The zero-order valence-corrected chi connectivity index (χ0v) is 15.8. The highest BCUT2D eigenvalue weighted by Crippen LogP contribution is 2.21. The van der Waals surface area contributed by atoms with Gasteiger partial charge in [-0.25, -0.2) is 18.0 Å². The molecule has 0 radical (unpaired) electrons. The van der Waals surface area contributed by atoms with Gasteiger partial charge in [0.05, 0.1) is 11.5 Å². The zero-order valence-electron chi connectivity index (χ0n) is 15.0. The first kappa shape index (κ1) is 19.6. The second-order valence-corrected chi connectivity index (χ2v) is 8.54. The van der Waals surface area contributed by atoms with Crippen molar-refractivity contribution in [1.82, 2.24) is 4.31 Å². The van der Waals surface area contributed by atoms with Gasteiger partial charge in [-0.05, 0) is 36.6 Å². The molecule has 0 N–H and O–H groups in total. The van der Waals surface area contributed by atoms with Gasteiger partial charge in [0.25, 0.3) is 0 Å². The van der Waals surface area contributed by atoms with E-state index in [0.717, 1.165) is 25.7 Å². The van der Waals surface area contributed by atoms with Crippen molar-refractivity contribution in [2.24, 2.45) is 0 Å². The van der Waals surface area contributed by atoms with Gasteiger partial charge in [0.15, 0.2) is 0 Å². The van der Waals surface area contributed by atoms with Crippen LogP contribution >= 0.6 is 0 Å². The molecule has 1 aromatic carbocycles. The molecular formula is C19H23NO6S. The van der Waals surface area contributed by atoms with Gasteiger partial charge in [0, 0.05) is 25.6 Å². The number of cyclic esters (lactones) is 1. The zero-order chi connectivity index (χ0) is 19.3. The molecule has 2 aliphatic rings. The number of ether oxygens (including phenoxy) is 2. The van der Waals surface area contributed by atoms with E-state index in [2.05, 4.69) is 0 Å². The standard InChI is InChI=1S/C19H23NO6S/c21-18(26-17-11-14-25-19(17)22)10-7-15-5-8-16(9-6-15)27(23,24)20-12-3-1-2-4-13-20/h5-10,17H,1-4,11-14H2/b10-7+/t17-/m1/s1. The number of carbonyl (C=O) groups excluding carboxylic acids is 2. The molecule has 2 fully saturated rings. The summed E-state index contributed by atoms with van der Waals surface area (Å²) in [6, 6.07) is 6.36. The number of benzene rings is 1. The first-order valence-electron chi connectivity index (χ1n) is 9.12. The van der Waals surface area contributed by atoms with Crippen molar-refractivity contribution < 1.29 is 27.5 Å². The molecule has 1 aromatic rings. The minimum Gasteiger partial charge on any atom is -0.463 e. The van der Waals surface area contributed by atoms with Crippen molar-refractivity contribution in [2.45, 2.75) is 43.1 Å². The highest BCUT2D eigenvalue weighted by Gasteiger charge is 2.29. The van der Waals surface area contributed by atoms with Crippen LogP contribution in [0.25, 0.3) is 6.08 Å². The summed E-state index contributed by atoms with van der Waals surface area (Å²) >= 11 is 0. The maximum atomic E-state index is 12.7. The van der Waals surface area contributed by atoms with Gasteiger partial charge >= 0.3 is 11.9 Å². The summed E-state index contributed by atoms with van der Waals surface area (Å²) < 4.78 is 36.8. The monoisotopic (exact) mass is 393 g/mol. The molecule has 0 amide bonds. The van der Waals surface area contributed by atoms with Crippen LogP contribution in [0.5, 0.6) is 0 Å². The van der Waals surface area contributed by atoms with Gasteiger partial charge in [0.2, 0.25) is 16.1 Å². The fraction of sp³-hybridized carbons (Fsp3) is 0.474. The number of hydrogen-bond donors (Lipinski definition) is 0. The molecule has 0 bridgehead atoms. The van der Waals surface area contributed by atoms with E-state index < -0.39 is 28.1 Å². The van der Waals surface area contributed by atoms with Crippen molar-refractivity contribution in [1.29, 1.82) is 0 Å². The second-order valence-electron chi connectivity index (χ2n) is 6.60. The second kappa shape index (κ2) is 8.67. The van der Waals surface area contributed by atoms with E-state index in [4.69, 9.17) is 9.47 Å². The molecule has 0 saturated carbocycles. The molecule has 0 aromatic heterocycles. The molecule has 2 aliphatic heterocycles. The normalized spacial score (nSPS) is 21.8. The number of esters is 2. The molecular weight excluding hydrogens is 370 g/mol. The van der Waals surface area contributed by atoms with Gasteiger partial charge in [-0.15, -0.1) is 0 Å². The number of rotatable bonds is 5. The van der Waals surface area contributed by atoms with E-state index in [1.807, 2.05) is 0 Å². The predicted molar refractivity (Wildman–Crippen MR) is 98.2 cm³/mol. The predicted octanol–water partition coefficient (Wildman–Crippen LogP) is 2.12. The van der Waals surface area contributed by atoms with Crippen molar-refractivity contribution in [2.75, 3.05) is 19.7 Å². The van der Waals surface area contributed by atoms with Gasteiger partial charge in [-0.2, -0.15) is 4.31 Å². The topological polar surface area (TPSA) is 90.0 Å². The Labute approximate surface area is 159 Å². The summed E-state index contributed by atoms with van der Waals surface area (Å²) in [5, 5.41) is 0. The summed E-state index contributed by atoms with van der Waals surface area (Å²) in [7, 11) is -3.49. The molecule has 27 heavy (non-hydrogen) atoms. The van der Waals surface area contributed by atoms with Gasteiger partial charge < -0.3 is 9.47 Å². The van der Waals surface area contributed by atoms with Crippen LogP contribution in [0.3, 0.4) is 0 Å². The molecule has 146 valence electrons. The maximum Gasteiger partial charge on any atom is 0.347 e. The van der Waals surface area contributed by atoms with E-state index >= 15 is 0 Å². The molecule has 3 rings (SSSR count). The van der Waals surface area contributed by atoms with Crippen LogP contribution < -0.4 is 0 Å². The fourth-order valence-electron chi connectivity index (χ4n) is 3.11. The number of carbonyl (C=O) groups is 2. The molecule has 8 heteroatoms. The van der Waals surface area contributed by atoms with E-state index in [1.165, 1.54) is 12.2 Å². The van der Waals surface area contributed by atoms with Crippen LogP contribution in [0.15, 0.2) is 35.2 Å². The lowest BCUT2D eigenvalue weighted by Crippen LogP contribution is -2.31. The Bertz CT molecular complexity index is 807. The summed E-state index contributed by atoms with van der Waals surface area (Å²) in [6.45, 7) is 1.37. The Kier molecular flexibility index (Phi) is 6.28. The van der Waals surface area contributed by atoms with E-state index in [0.29, 0.717) is 25.1 Å². The average Bonchev–Trinajstić information content (AvgIpc) is 2.89. The van der Waals surface area contributed by atoms with Crippen LogP contribution in [0.4, 0.5) is 0 Å². The van der Waals surface area contributed by atoms with Crippen molar-refractivity contribution in [3.63, 3.8) is 0 Å². The lowest BCUT2D eigenvalue weighted by molar-refractivity contribution is -0.156. The highest BCUT2D eigenvalue weighted by molar-refractivity contribution is 7.89. The first-order valence-corrected chi connectivity index (χ1v) is 10.6. The highest BCUT2D eigenvalue weighted by atomic mass is 32.2. The molecule has 7 nitrogen and oxygen atoms in total. The third-order valence-electron chi connectivity index (χ3n) is 4.64. The van der Waals surface area contributed by atoms with Crippen LogP contribution in [-0.2, 0) is 29.1 Å². The van der Waals surface area contributed by atoms with E-state index in [-0.39, 0.29) is 11.5 Å². The number of hydrogen-bond acceptors (Lipinski definition) is 6. The SMILES string of the molecule is O=C(/C=C/c1ccc(S(=O)(=O)N2CCCCCC2)cc1)O[C@@H]1CCOC1=O. The third kappa shape index (κ3) is 4.95. The van der Waals surface area contributed by atoms with Crippen LogP contribution in [0.1, 0.15) is 37.7 Å². The maximum absolute atomic E-state index is 12.7. The number of sulfonamides is 1. The van der Waals surface area contributed by atoms with Crippen molar-refractivity contribution in [3.05, 3.63) is 35.9 Å². The van der Waals surface area contributed by atoms with Crippen molar-refractivity contribution in [3.8, 4) is 0 Å². The minimum atomic E-state index is -3.49. The summed E-state index contributed by atoms with van der Waals surface area (Å²) in [6.07, 6.45) is 6.14. The summed E-state index contributed by atoms with van der Waals surface area (Å²) in [5.74, 6) is -1.17. The molecule has 1 atom stereocenters. The Balaban J connectivity index is 1.62. The van der Waals surface area contributed by atoms with Gasteiger partial charge in [-0.1, -0.05) is 25.0 Å². The average molecular weight is 393 g/mol. The molecule has 0 unspecified atom stereocenters. The van der Waals surface area contributed by atoms with E-state index in [1.54, 1.807) is 28.6 Å². The minimum absolute atomic E-state index is 0.248. The van der Waals surface area contributed by atoms with Crippen LogP contribution in [0, 0.1) is 0 Å². The summed E-state index contributed by atoms with van der Waals surface area (Å²) in [4.78, 5) is 23.3. The Morgan fingerprint density at radius 3 is 2.37 bits per heavy atom. The van der Waals surface area contributed by atoms with Crippen molar-refractivity contribution >= 4 is 28.0 Å². The molecule has 0 aliphatic carbocycles. The van der Waals surface area contributed by atoms with Gasteiger partial charge in [0.1, 0.15) is 0 Å². The largest absolute Gasteiger partial charge is 0.463 e. The number of nitrogens with zero attached hydrogens (tertiary/aromatic N) is 1. The Morgan fingerprint density at radius 2 is 1.78 bits per heavy atom. The van der Waals surface area contributed by atoms with Crippen LogP contribution in [-0.4, -0.2) is 50.5 Å². The van der Waals surface area contributed by atoms with Crippen LogP contribution in [0.2, 0.25) is 0 Å². The molecule has 2 saturated heterocycles. The molecule has 0 spiro atoms.